The Bertz CT molecular complexity index is 996. The Hall–Kier alpha value is -3.16. The molecule has 1 fully saturated rings. The largest absolute Gasteiger partial charge is 0.491 e. The van der Waals surface area contributed by atoms with Gasteiger partial charge in [0, 0.05) is 0 Å². The van der Waals surface area contributed by atoms with Crippen LogP contribution >= 0.6 is 0 Å². The van der Waals surface area contributed by atoms with E-state index < -0.39 is 36.0 Å². The van der Waals surface area contributed by atoms with Crippen LogP contribution in [0.25, 0.3) is 0 Å². The van der Waals surface area contributed by atoms with E-state index in [0.717, 1.165) is 16.7 Å². The summed E-state index contributed by atoms with van der Waals surface area (Å²) in [4.78, 5) is 12.0. The molecule has 4 nitrogen and oxygen atoms in total. The Morgan fingerprint density at radius 1 is 0.812 bits per heavy atom. The molecule has 3 aromatic rings. The van der Waals surface area contributed by atoms with Crippen molar-refractivity contribution in [3.05, 3.63) is 108 Å². The predicted octanol–water partition coefficient (Wildman–Crippen LogP) is 5.22. The second kappa shape index (κ2) is 8.76. The Morgan fingerprint density at radius 3 is 1.62 bits per heavy atom. The average Bonchev–Trinajstić information content (AvgIpc) is 3.20. The number of carbonyl (C=O) groups is 1. The first-order valence-corrected chi connectivity index (χ1v) is 10.3. The lowest BCUT2D eigenvalue weighted by Crippen LogP contribution is -2.58. The summed E-state index contributed by atoms with van der Waals surface area (Å²) in [5.41, 5.74) is 2.45. The lowest BCUT2D eigenvalue weighted by Gasteiger charge is -2.36. The molecule has 7 heteroatoms. The van der Waals surface area contributed by atoms with Crippen molar-refractivity contribution in [1.29, 1.82) is 0 Å². The van der Waals surface area contributed by atoms with E-state index in [1.165, 1.54) is 0 Å². The zero-order chi connectivity index (χ0) is 22.8. The van der Waals surface area contributed by atoms with E-state index in [2.05, 4.69) is 10.6 Å². The van der Waals surface area contributed by atoms with Crippen LogP contribution in [0, 0.1) is 0 Å². The van der Waals surface area contributed by atoms with E-state index in [1.807, 2.05) is 66.7 Å². The summed E-state index contributed by atoms with van der Waals surface area (Å²) in [6, 6.07) is 26.9. The minimum absolute atomic E-state index is 0.439. The highest BCUT2D eigenvalue weighted by atomic mass is 19.4. The van der Waals surface area contributed by atoms with Gasteiger partial charge in [-0.05, 0) is 16.7 Å². The van der Waals surface area contributed by atoms with Gasteiger partial charge in [-0.3, -0.25) is 10.6 Å². The summed E-state index contributed by atoms with van der Waals surface area (Å²) in [6.45, 7) is 1.73. The number of hydrogen-bond acceptors (Lipinski definition) is 4. The first-order valence-electron chi connectivity index (χ1n) is 10.3. The normalized spacial score (nSPS) is 24.1. The van der Waals surface area contributed by atoms with Gasteiger partial charge in [-0.15, -0.1) is 0 Å². The first kappa shape index (κ1) is 22.0. The maximum atomic E-state index is 13.2. The van der Waals surface area contributed by atoms with E-state index in [4.69, 9.17) is 4.74 Å². The highest BCUT2D eigenvalue weighted by Gasteiger charge is 2.55. The fraction of sp³-hybridized carbons (Fsp3) is 0.240. The maximum Gasteiger partial charge on any atom is 0.491 e. The monoisotopic (exact) mass is 440 g/mol. The van der Waals surface area contributed by atoms with Gasteiger partial charge in [0.25, 0.3) is 0 Å². The number of esters is 1. The molecule has 1 aliphatic heterocycles. The van der Waals surface area contributed by atoms with Crippen LogP contribution in [0.3, 0.4) is 0 Å². The summed E-state index contributed by atoms with van der Waals surface area (Å²) < 4.78 is 44.9. The number of hydrogen-bond donors (Lipinski definition) is 2. The molecule has 0 bridgehead atoms. The summed E-state index contributed by atoms with van der Waals surface area (Å²) >= 11 is 0. The van der Waals surface area contributed by atoms with Crippen LogP contribution in [-0.2, 0) is 9.53 Å². The molecular formula is C25H23F3N2O2. The molecule has 0 radical (unpaired) electrons. The van der Waals surface area contributed by atoms with Crippen molar-refractivity contribution in [2.24, 2.45) is 0 Å². The molecule has 0 spiro atoms. The van der Waals surface area contributed by atoms with Crippen molar-refractivity contribution in [2.45, 2.75) is 37.0 Å². The highest BCUT2D eigenvalue weighted by Crippen LogP contribution is 2.43. The minimum Gasteiger partial charge on any atom is -0.423 e. The number of alkyl halides is 3. The first-order chi connectivity index (χ1) is 15.3. The maximum absolute atomic E-state index is 13.2. The Balaban J connectivity index is 1.80. The van der Waals surface area contributed by atoms with Crippen LogP contribution in [0.15, 0.2) is 91.0 Å². The molecule has 0 aliphatic carbocycles. The quantitative estimate of drug-likeness (QED) is 0.534. The number of halogens is 3. The molecule has 3 atom stereocenters. The van der Waals surface area contributed by atoms with Crippen LogP contribution in [0.4, 0.5) is 13.2 Å². The Kier molecular flexibility index (Phi) is 6.04. The Morgan fingerprint density at radius 2 is 1.22 bits per heavy atom. The third kappa shape index (κ3) is 4.40. The van der Waals surface area contributed by atoms with Gasteiger partial charge in [0.1, 0.15) is 0 Å². The number of rotatable bonds is 5. The van der Waals surface area contributed by atoms with Gasteiger partial charge < -0.3 is 4.74 Å². The van der Waals surface area contributed by atoms with E-state index >= 15 is 0 Å². The molecule has 4 rings (SSSR count). The predicted molar refractivity (Wildman–Crippen MR) is 114 cm³/mol. The van der Waals surface area contributed by atoms with Crippen molar-refractivity contribution in [1.82, 2.24) is 10.6 Å². The number of carbonyl (C=O) groups excluding carboxylic acids is 1. The van der Waals surface area contributed by atoms with Gasteiger partial charge in [-0.1, -0.05) is 97.9 Å². The summed E-state index contributed by atoms with van der Waals surface area (Å²) in [6.07, 6.45) is -5.13. The average molecular weight is 440 g/mol. The lowest BCUT2D eigenvalue weighted by atomic mass is 9.95. The Labute approximate surface area is 184 Å². The van der Waals surface area contributed by atoms with Crippen LogP contribution in [0.5, 0.6) is 0 Å². The molecule has 1 saturated heterocycles. The molecule has 2 N–H and O–H groups in total. The number of ether oxygens (including phenoxy) is 1. The van der Waals surface area contributed by atoms with Gasteiger partial charge in [-0.2, -0.15) is 13.2 Å². The second-order valence-electron chi connectivity index (χ2n) is 7.82. The molecule has 0 saturated carbocycles. The fourth-order valence-corrected chi connectivity index (χ4v) is 4.12. The second-order valence-corrected chi connectivity index (χ2v) is 7.82. The highest BCUT2D eigenvalue weighted by molar-refractivity contribution is 5.76. The molecule has 166 valence electrons. The van der Waals surface area contributed by atoms with Gasteiger partial charge in [0.05, 0.1) is 18.0 Å². The molecule has 2 unspecified atom stereocenters. The molecule has 3 aromatic carbocycles. The van der Waals surface area contributed by atoms with Crippen LogP contribution in [0.1, 0.15) is 41.6 Å². The smallest absolute Gasteiger partial charge is 0.423 e. The molecule has 1 heterocycles. The van der Waals surface area contributed by atoms with Gasteiger partial charge in [-0.25, -0.2) is 4.79 Å². The minimum atomic E-state index is -5.13. The zero-order valence-electron chi connectivity index (χ0n) is 17.3. The summed E-state index contributed by atoms with van der Waals surface area (Å²) in [5, 5.41) is 6.43. The van der Waals surface area contributed by atoms with Crippen molar-refractivity contribution >= 4 is 5.97 Å². The van der Waals surface area contributed by atoms with E-state index in [1.54, 1.807) is 31.2 Å². The van der Waals surface area contributed by atoms with Crippen LogP contribution < -0.4 is 10.6 Å². The van der Waals surface area contributed by atoms with Gasteiger partial charge >= 0.3 is 12.1 Å². The molecule has 0 amide bonds. The van der Waals surface area contributed by atoms with Crippen molar-refractivity contribution in [3.8, 4) is 0 Å². The topological polar surface area (TPSA) is 50.4 Å². The van der Waals surface area contributed by atoms with Crippen molar-refractivity contribution in [2.75, 3.05) is 0 Å². The SMILES string of the molecule is C[C@H](c1ccccc1)C1(OC(=O)C(F)(F)F)NC(c2ccccc2)C(c2ccccc2)N1. The van der Waals surface area contributed by atoms with Gasteiger partial charge in [0.15, 0.2) is 0 Å². The van der Waals surface area contributed by atoms with Gasteiger partial charge in [0.2, 0.25) is 5.85 Å². The third-order valence-electron chi connectivity index (χ3n) is 5.79. The molecule has 32 heavy (non-hydrogen) atoms. The molecule has 0 aromatic heterocycles. The number of benzene rings is 3. The standard InChI is InChI=1S/C25H23F3N2O2/c1-17(18-11-5-2-6-12-18)25(32-23(31)24(26,27)28)29-21(19-13-7-3-8-14-19)22(30-25)20-15-9-4-10-16-20/h2-17,21-22,29-30H,1H3/t17-,21?,22?,25?/m1/s1. The zero-order valence-corrected chi connectivity index (χ0v) is 17.3. The summed E-state index contributed by atoms with van der Waals surface area (Å²) in [5.74, 6) is -4.66. The third-order valence-corrected chi connectivity index (χ3v) is 5.79. The van der Waals surface area contributed by atoms with E-state index in [-0.39, 0.29) is 0 Å². The van der Waals surface area contributed by atoms with E-state index in [9.17, 15) is 18.0 Å². The fourth-order valence-electron chi connectivity index (χ4n) is 4.12. The van der Waals surface area contributed by atoms with Crippen LogP contribution in [0.2, 0.25) is 0 Å². The lowest BCUT2D eigenvalue weighted by molar-refractivity contribution is -0.221. The van der Waals surface area contributed by atoms with Crippen molar-refractivity contribution in [3.63, 3.8) is 0 Å². The van der Waals surface area contributed by atoms with E-state index in [0.29, 0.717) is 0 Å². The number of nitrogens with one attached hydrogen (secondary N) is 2. The summed E-state index contributed by atoms with van der Waals surface area (Å²) in [7, 11) is 0. The van der Waals surface area contributed by atoms with Crippen molar-refractivity contribution < 1.29 is 22.7 Å². The van der Waals surface area contributed by atoms with Crippen LogP contribution in [-0.4, -0.2) is 18.0 Å². The molecular weight excluding hydrogens is 417 g/mol. The molecule has 1 aliphatic rings.